The van der Waals surface area contributed by atoms with E-state index in [1.807, 2.05) is 38.1 Å². The second-order valence-electron chi connectivity index (χ2n) is 7.40. The maximum absolute atomic E-state index is 11.7. The molecule has 9 heteroatoms. The van der Waals surface area contributed by atoms with Gasteiger partial charge in [0.1, 0.15) is 18.2 Å². The summed E-state index contributed by atoms with van der Waals surface area (Å²) in [5, 5.41) is 7.27. The van der Waals surface area contributed by atoms with Crippen molar-refractivity contribution in [2.75, 3.05) is 23.4 Å². The lowest BCUT2D eigenvalue weighted by molar-refractivity contribution is -0.114. The molecule has 3 aromatic heterocycles. The van der Waals surface area contributed by atoms with Crippen LogP contribution in [0.2, 0.25) is 0 Å². The summed E-state index contributed by atoms with van der Waals surface area (Å²) in [6, 6.07) is 9.53. The van der Waals surface area contributed by atoms with Crippen LogP contribution in [-0.2, 0) is 4.79 Å². The van der Waals surface area contributed by atoms with E-state index in [1.165, 1.54) is 6.92 Å². The summed E-state index contributed by atoms with van der Waals surface area (Å²) in [6.45, 7) is 6.69. The first-order chi connectivity index (χ1) is 14.5. The molecule has 0 aromatic carbocycles. The molecule has 1 saturated heterocycles. The van der Waals surface area contributed by atoms with Crippen LogP contribution in [0, 0.1) is 13.8 Å². The molecule has 0 radical (unpaired) electrons. The fourth-order valence-electron chi connectivity index (χ4n) is 3.66. The normalized spacial score (nSPS) is 16.0. The number of aromatic nitrogens is 5. The first-order valence-corrected chi connectivity index (χ1v) is 10.0. The lowest BCUT2D eigenvalue weighted by atomic mass is 10.2. The topological polar surface area (TPSA) is 98.1 Å². The van der Waals surface area contributed by atoms with Crippen LogP contribution in [0.1, 0.15) is 31.2 Å². The van der Waals surface area contributed by atoms with E-state index in [9.17, 15) is 4.79 Å². The number of anilines is 2. The molecule has 4 rings (SSSR count). The van der Waals surface area contributed by atoms with E-state index in [4.69, 9.17) is 9.72 Å². The van der Waals surface area contributed by atoms with Gasteiger partial charge in [-0.2, -0.15) is 15.1 Å². The number of hydrogen-bond acceptors (Lipinski definition) is 7. The van der Waals surface area contributed by atoms with Crippen LogP contribution < -0.4 is 15.0 Å². The molecule has 1 atom stereocenters. The lowest BCUT2D eigenvalue weighted by Crippen LogP contribution is -2.35. The van der Waals surface area contributed by atoms with Gasteiger partial charge in [-0.1, -0.05) is 6.07 Å². The van der Waals surface area contributed by atoms with E-state index in [-0.39, 0.29) is 11.9 Å². The fourth-order valence-corrected chi connectivity index (χ4v) is 3.66. The molecule has 1 amide bonds. The standard InChI is InChI=1S/C21H25N7O2/c1-14-11-15(2)28(26-14)21-24-18(23-16(3)29)12-19(25-21)27-10-6-7-17(27)13-30-20-8-4-5-9-22-20/h4-5,8-9,11-12,17H,6-7,10,13H2,1-3H3,(H,23,24,25,29)/t17-/m1/s1. The number of carbonyl (C=O) groups is 1. The van der Waals surface area contributed by atoms with E-state index < -0.39 is 0 Å². The van der Waals surface area contributed by atoms with Crippen molar-refractivity contribution in [1.82, 2.24) is 24.7 Å². The van der Waals surface area contributed by atoms with Gasteiger partial charge in [-0.3, -0.25) is 4.79 Å². The Morgan fingerprint density at radius 3 is 2.83 bits per heavy atom. The summed E-state index contributed by atoms with van der Waals surface area (Å²) in [5.74, 6) is 2.04. The van der Waals surface area contributed by atoms with Gasteiger partial charge in [-0.15, -0.1) is 0 Å². The molecule has 0 saturated carbocycles. The van der Waals surface area contributed by atoms with Crippen LogP contribution in [0.25, 0.3) is 5.95 Å². The summed E-state index contributed by atoms with van der Waals surface area (Å²) in [5.41, 5.74) is 1.81. The molecule has 0 spiro atoms. The average Bonchev–Trinajstić information content (AvgIpc) is 3.32. The van der Waals surface area contributed by atoms with E-state index in [1.54, 1.807) is 16.9 Å². The number of amides is 1. The molecule has 156 valence electrons. The largest absolute Gasteiger partial charge is 0.475 e. The van der Waals surface area contributed by atoms with Gasteiger partial charge in [-0.25, -0.2) is 9.67 Å². The molecule has 1 fully saturated rings. The highest BCUT2D eigenvalue weighted by Crippen LogP contribution is 2.27. The Labute approximate surface area is 175 Å². The van der Waals surface area contributed by atoms with E-state index in [0.717, 1.165) is 36.6 Å². The highest BCUT2D eigenvalue weighted by atomic mass is 16.5. The Kier molecular flexibility index (Phi) is 5.60. The Morgan fingerprint density at radius 1 is 1.27 bits per heavy atom. The Morgan fingerprint density at radius 2 is 2.13 bits per heavy atom. The number of rotatable bonds is 6. The van der Waals surface area contributed by atoms with Crippen LogP contribution in [-0.4, -0.2) is 49.8 Å². The van der Waals surface area contributed by atoms with Gasteiger partial charge in [-0.05, 0) is 38.8 Å². The Hall–Kier alpha value is -3.49. The van der Waals surface area contributed by atoms with Crippen LogP contribution in [0.5, 0.6) is 5.88 Å². The van der Waals surface area contributed by atoms with Crippen molar-refractivity contribution >= 4 is 17.5 Å². The van der Waals surface area contributed by atoms with E-state index in [0.29, 0.717) is 24.3 Å². The zero-order chi connectivity index (χ0) is 21.1. The number of hydrogen-bond donors (Lipinski definition) is 1. The number of nitrogens with zero attached hydrogens (tertiary/aromatic N) is 6. The smallest absolute Gasteiger partial charge is 0.254 e. The molecule has 30 heavy (non-hydrogen) atoms. The molecule has 0 bridgehead atoms. The van der Waals surface area contributed by atoms with Crippen molar-refractivity contribution in [3.8, 4) is 11.8 Å². The van der Waals surface area contributed by atoms with Crippen LogP contribution >= 0.6 is 0 Å². The summed E-state index contributed by atoms with van der Waals surface area (Å²) < 4.78 is 7.58. The number of ether oxygens (including phenoxy) is 1. The quantitative estimate of drug-likeness (QED) is 0.671. The summed E-state index contributed by atoms with van der Waals surface area (Å²) in [6.07, 6.45) is 3.74. The van der Waals surface area contributed by atoms with Gasteiger partial charge in [0.15, 0.2) is 0 Å². The van der Waals surface area contributed by atoms with Crippen molar-refractivity contribution in [3.63, 3.8) is 0 Å². The molecule has 4 heterocycles. The van der Waals surface area contributed by atoms with Crippen LogP contribution in [0.3, 0.4) is 0 Å². The Balaban J connectivity index is 1.63. The summed E-state index contributed by atoms with van der Waals surface area (Å²) in [4.78, 5) is 27.3. The predicted octanol–water partition coefficient (Wildman–Crippen LogP) is 2.68. The maximum atomic E-state index is 11.7. The fraction of sp³-hybridized carbons (Fsp3) is 0.381. The zero-order valence-corrected chi connectivity index (χ0v) is 17.4. The molecular weight excluding hydrogens is 382 g/mol. The summed E-state index contributed by atoms with van der Waals surface area (Å²) in [7, 11) is 0. The molecule has 0 unspecified atom stereocenters. The number of pyridine rings is 1. The third kappa shape index (κ3) is 4.40. The first kappa shape index (κ1) is 19.8. The number of nitrogens with one attached hydrogen (secondary N) is 1. The molecule has 1 aliphatic rings. The number of aryl methyl sites for hydroxylation is 2. The molecule has 9 nitrogen and oxygen atoms in total. The lowest BCUT2D eigenvalue weighted by Gasteiger charge is -2.26. The van der Waals surface area contributed by atoms with Gasteiger partial charge in [0.2, 0.25) is 11.8 Å². The third-order valence-corrected chi connectivity index (χ3v) is 4.94. The van der Waals surface area contributed by atoms with Gasteiger partial charge >= 0.3 is 0 Å². The van der Waals surface area contributed by atoms with Crippen molar-refractivity contribution in [2.45, 2.75) is 39.7 Å². The SMILES string of the molecule is CC(=O)Nc1cc(N2CCC[C@@H]2COc2ccccn2)nc(-n2nc(C)cc2C)n1. The number of carbonyl (C=O) groups excluding carboxylic acids is 1. The molecule has 1 aliphatic heterocycles. The van der Waals surface area contributed by atoms with Crippen LogP contribution in [0.4, 0.5) is 11.6 Å². The van der Waals surface area contributed by atoms with Gasteiger partial charge in [0.25, 0.3) is 5.95 Å². The van der Waals surface area contributed by atoms with E-state index >= 15 is 0 Å². The minimum Gasteiger partial charge on any atom is -0.475 e. The van der Waals surface area contributed by atoms with Crippen molar-refractivity contribution in [3.05, 3.63) is 47.9 Å². The van der Waals surface area contributed by atoms with Crippen LogP contribution in [0.15, 0.2) is 36.5 Å². The highest BCUT2D eigenvalue weighted by Gasteiger charge is 2.28. The molecule has 1 N–H and O–H groups in total. The van der Waals surface area contributed by atoms with E-state index in [2.05, 4.69) is 25.3 Å². The predicted molar refractivity (Wildman–Crippen MR) is 113 cm³/mol. The average molecular weight is 407 g/mol. The highest BCUT2D eigenvalue weighted by molar-refractivity contribution is 5.88. The monoisotopic (exact) mass is 407 g/mol. The zero-order valence-electron chi connectivity index (χ0n) is 17.4. The van der Waals surface area contributed by atoms with Crippen molar-refractivity contribution in [2.24, 2.45) is 0 Å². The minimum atomic E-state index is -0.185. The first-order valence-electron chi connectivity index (χ1n) is 10.0. The molecule has 0 aliphatic carbocycles. The second kappa shape index (κ2) is 8.48. The van der Waals surface area contributed by atoms with Gasteiger partial charge in [0, 0.05) is 37.5 Å². The second-order valence-corrected chi connectivity index (χ2v) is 7.40. The van der Waals surface area contributed by atoms with Gasteiger partial charge < -0.3 is 15.0 Å². The maximum Gasteiger partial charge on any atom is 0.254 e. The molecule has 3 aromatic rings. The summed E-state index contributed by atoms with van der Waals surface area (Å²) >= 11 is 0. The van der Waals surface area contributed by atoms with Crippen molar-refractivity contribution < 1.29 is 9.53 Å². The third-order valence-electron chi connectivity index (χ3n) is 4.94. The minimum absolute atomic E-state index is 0.153. The van der Waals surface area contributed by atoms with Gasteiger partial charge in [0.05, 0.1) is 11.7 Å². The van der Waals surface area contributed by atoms with Crippen molar-refractivity contribution in [1.29, 1.82) is 0 Å². The molecular formula is C21H25N7O2. The Bertz CT molecular complexity index is 1040.